The molecule has 0 aliphatic carbocycles. The molecule has 5 nitrogen and oxygen atoms in total. The van der Waals surface area contributed by atoms with Crippen LogP contribution in [0.5, 0.6) is 0 Å². The fourth-order valence-electron chi connectivity index (χ4n) is 0.627. The molecular formula is C6H7N3O2. The molecule has 0 bridgehead atoms. The van der Waals surface area contributed by atoms with Gasteiger partial charge >= 0.3 is 0 Å². The summed E-state index contributed by atoms with van der Waals surface area (Å²) in [5.74, 6) is 0.0661. The Balaban J connectivity index is 2.72. The van der Waals surface area contributed by atoms with Gasteiger partial charge in [0.25, 0.3) is 0 Å². The van der Waals surface area contributed by atoms with Crippen LogP contribution in [-0.2, 0) is 4.79 Å². The van der Waals surface area contributed by atoms with Gasteiger partial charge in [0.2, 0.25) is 11.9 Å². The Kier molecular flexibility index (Phi) is 2.00. The van der Waals surface area contributed by atoms with Crippen LogP contribution in [0, 0.1) is 0 Å². The van der Waals surface area contributed by atoms with Crippen LogP contribution in [0.15, 0.2) is 6.20 Å². The monoisotopic (exact) mass is 153 g/mol. The molecule has 1 rings (SSSR count). The third-order valence-corrected chi connectivity index (χ3v) is 1.01. The van der Waals surface area contributed by atoms with Crippen LogP contribution >= 0.6 is 0 Å². The van der Waals surface area contributed by atoms with Crippen LogP contribution in [0.3, 0.4) is 0 Å². The summed E-state index contributed by atoms with van der Waals surface area (Å²) in [5, 5.41) is 2.40. The summed E-state index contributed by atoms with van der Waals surface area (Å²) in [7, 11) is 0. The maximum atomic E-state index is 10.5. The van der Waals surface area contributed by atoms with Crippen molar-refractivity contribution in [2.45, 2.75) is 6.92 Å². The standard InChI is InChI=1S/C6H7N3O2/c1-4(11)8-6-7-2-5(3-10)9-6/h2-3H,1H3,(H2,7,8,9,11). The van der Waals surface area contributed by atoms with Gasteiger partial charge in [-0.25, -0.2) is 4.98 Å². The number of amides is 1. The Hall–Kier alpha value is -1.65. The number of imidazole rings is 1. The molecule has 0 saturated carbocycles. The zero-order chi connectivity index (χ0) is 8.27. The molecular weight excluding hydrogens is 146 g/mol. The lowest BCUT2D eigenvalue weighted by Gasteiger charge is -1.92. The van der Waals surface area contributed by atoms with Crippen molar-refractivity contribution in [1.82, 2.24) is 9.97 Å². The zero-order valence-electron chi connectivity index (χ0n) is 5.92. The molecule has 0 spiro atoms. The summed E-state index contributed by atoms with van der Waals surface area (Å²) in [4.78, 5) is 26.9. The maximum absolute atomic E-state index is 10.5. The third kappa shape index (κ3) is 1.89. The minimum absolute atomic E-state index is 0.225. The molecule has 0 aliphatic heterocycles. The Morgan fingerprint density at radius 1 is 1.82 bits per heavy atom. The van der Waals surface area contributed by atoms with E-state index < -0.39 is 0 Å². The first kappa shape index (κ1) is 7.46. The van der Waals surface area contributed by atoms with Gasteiger partial charge in [-0.15, -0.1) is 0 Å². The number of anilines is 1. The van der Waals surface area contributed by atoms with Crippen LogP contribution in [-0.4, -0.2) is 22.2 Å². The topological polar surface area (TPSA) is 74.8 Å². The fourth-order valence-corrected chi connectivity index (χ4v) is 0.627. The van der Waals surface area contributed by atoms with Gasteiger partial charge in [0.1, 0.15) is 5.69 Å². The second-order valence-corrected chi connectivity index (χ2v) is 1.97. The Morgan fingerprint density at radius 3 is 3.00 bits per heavy atom. The molecule has 0 aliphatic rings. The number of aromatic nitrogens is 2. The lowest BCUT2D eigenvalue weighted by atomic mass is 10.6. The Morgan fingerprint density at radius 2 is 2.55 bits per heavy atom. The number of carbonyl (C=O) groups is 2. The smallest absolute Gasteiger partial charge is 0.223 e. The van der Waals surface area contributed by atoms with E-state index in [1.165, 1.54) is 13.1 Å². The number of rotatable bonds is 2. The number of nitrogens with one attached hydrogen (secondary N) is 2. The summed E-state index contributed by atoms with van der Waals surface area (Å²) in [6.45, 7) is 1.36. The average Bonchev–Trinajstić information content (AvgIpc) is 2.34. The van der Waals surface area contributed by atoms with Crippen molar-refractivity contribution in [3.63, 3.8) is 0 Å². The number of nitrogens with zero attached hydrogens (tertiary/aromatic N) is 1. The number of hydrogen-bond donors (Lipinski definition) is 2. The molecule has 11 heavy (non-hydrogen) atoms. The Bertz CT molecular complexity index is 279. The number of aldehydes is 1. The minimum atomic E-state index is -0.225. The highest BCUT2D eigenvalue weighted by Gasteiger charge is 1.99. The van der Waals surface area contributed by atoms with Crippen LogP contribution in [0.1, 0.15) is 17.4 Å². The molecule has 0 saturated heterocycles. The molecule has 2 N–H and O–H groups in total. The number of hydrogen-bond acceptors (Lipinski definition) is 3. The van der Waals surface area contributed by atoms with E-state index in [4.69, 9.17) is 0 Å². The zero-order valence-corrected chi connectivity index (χ0v) is 5.92. The van der Waals surface area contributed by atoms with Crippen LogP contribution < -0.4 is 5.32 Å². The molecule has 1 aromatic heterocycles. The third-order valence-electron chi connectivity index (χ3n) is 1.01. The van der Waals surface area contributed by atoms with E-state index in [0.29, 0.717) is 12.2 Å². The van der Waals surface area contributed by atoms with Crippen molar-refractivity contribution >= 4 is 18.1 Å². The first-order valence-electron chi connectivity index (χ1n) is 3.00. The van der Waals surface area contributed by atoms with Crippen LogP contribution in [0.2, 0.25) is 0 Å². The fraction of sp³-hybridized carbons (Fsp3) is 0.167. The SMILES string of the molecule is CC(=O)Nc1nc(C=O)c[nH]1. The summed E-state index contributed by atoms with van der Waals surface area (Å²) in [6.07, 6.45) is 2.01. The normalized spacial score (nSPS) is 9.18. The minimum Gasteiger partial charge on any atom is -0.330 e. The van der Waals surface area contributed by atoms with E-state index >= 15 is 0 Å². The van der Waals surface area contributed by atoms with E-state index in [0.717, 1.165) is 0 Å². The van der Waals surface area contributed by atoms with Crippen molar-refractivity contribution in [1.29, 1.82) is 0 Å². The van der Waals surface area contributed by atoms with Crippen molar-refractivity contribution in [2.24, 2.45) is 0 Å². The van der Waals surface area contributed by atoms with E-state index in [2.05, 4.69) is 15.3 Å². The molecule has 1 aromatic rings. The average molecular weight is 153 g/mol. The maximum Gasteiger partial charge on any atom is 0.223 e. The number of carbonyl (C=O) groups excluding carboxylic acids is 2. The molecule has 5 heteroatoms. The van der Waals surface area contributed by atoms with E-state index in [9.17, 15) is 9.59 Å². The van der Waals surface area contributed by atoms with Crippen LogP contribution in [0.4, 0.5) is 5.95 Å². The molecule has 0 unspecified atom stereocenters. The quantitative estimate of drug-likeness (QED) is 0.595. The molecule has 58 valence electrons. The number of H-pyrrole nitrogens is 1. The second kappa shape index (κ2) is 2.96. The van der Waals surface area contributed by atoms with Crippen molar-refractivity contribution in [2.75, 3.05) is 5.32 Å². The summed E-state index contributed by atoms with van der Waals surface area (Å²) >= 11 is 0. The van der Waals surface area contributed by atoms with Crippen LogP contribution in [0.25, 0.3) is 0 Å². The molecule has 0 fully saturated rings. The molecule has 0 atom stereocenters. The van der Waals surface area contributed by atoms with Crippen molar-refractivity contribution in [3.8, 4) is 0 Å². The van der Waals surface area contributed by atoms with Gasteiger partial charge < -0.3 is 4.98 Å². The summed E-state index contributed by atoms with van der Waals surface area (Å²) in [5.41, 5.74) is 0.272. The van der Waals surface area contributed by atoms with Gasteiger partial charge in [-0.1, -0.05) is 0 Å². The van der Waals surface area contributed by atoms with Crippen molar-refractivity contribution < 1.29 is 9.59 Å². The van der Waals surface area contributed by atoms with Gasteiger partial charge in [-0.3, -0.25) is 14.9 Å². The lowest BCUT2D eigenvalue weighted by Crippen LogP contribution is -2.06. The largest absolute Gasteiger partial charge is 0.330 e. The van der Waals surface area contributed by atoms with Gasteiger partial charge in [-0.2, -0.15) is 0 Å². The predicted molar refractivity (Wildman–Crippen MR) is 38.3 cm³/mol. The van der Waals surface area contributed by atoms with E-state index in [1.54, 1.807) is 0 Å². The highest BCUT2D eigenvalue weighted by molar-refractivity contribution is 5.87. The predicted octanol–water partition coefficient (Wildman–Crippen LogP) is 0.181. The molecule has 0 radical (unpaired) electrons. The molecule has 1 heterocycles. The highest BCUT2D eigenvalue weighted by atomic mass is 16.1. The highest BCUT2D eigenvalue weighted by Crippen LogP contribution is 1.98. The van der Waals surface area contributed by atoms with Gasteiger partial charge in [0.15, 0.2) is 6.29 Å². The van der Waals surface area contributed by atoms with Gasteiger partial charge in [0, 0.05) is 13.1 Å². The molecule has 0 aromatic carbocycles. The summed E-state index contributed by atoms with van der Waals surface area (Å²) < 4.78 is 0. The second-order valence-electron chi connectivity index (χ2n) is 1.97. The van der Waals surface area contributed by atoms with E-state index in [-0.39, 0.29) is 11.6 Å². The van der Waals surface area contributed by atoms with E-state index in [1.807, 2.05) is 0 Å². The van der Waals surface area contributed by atoms with Gasteiger partial charge in [-0.05, 0) is 0 Å². The first-order valence-corrected chi connectivity index (χ1v) is 3.00. The first-order chi connectivity index (χ1) is 5.22. The number of aromatic amines is 1. The summed E-state index contributed by atoms with van der Waals surface area (Å²) in [6, 6.07) is 0. The molecule has 1 amide bonds. The Labute approximate surface area is 62.8 Å². The van der Waals surface area contributed by atoms with Crippen molar-refractivity contribution in [3.05, 3.63) is 11.9 Å². The lowest BCUT2D eigenvalue weighted by molar-refractivity contribution is -0.114. The van der Waals surface area contributed by atoms with Gasteiger partial charge in [0.05, 0.1) is 0 Å².